The molecule has 2 aromatic heterocycles. The molecule has 1 aromatic carbocycles. The average molecular weight is 231 g/mol. The molecule has 0 saturated carbocycles. The van der Waals surface area contributed by atoms with Gasteiger partial charge in [-0.05, 0) is 18.2 Å². The monoisotopic (exact) mass is 231 g/mol. The van der Waals surface area contributed by atoms with Crippen molar-refractivity contribution in [2.75, 3.05) is 0 Å². The Morgan fingerprint density at radius 1 is 1.29 bits per heavy atom. The summed E-state index contributed by atoms with van der Waals surface area (Å²) < 4.78 is 18.0. The maximum Gasteiger partial charge on any atom is 0.258 e. The van der Waals surface area contributed by atoms with E-state index in [1.165, 1.54) is 18.5 Å². The molecule has 2 heterocycles. The molecule has 0 atom stereocenters. The second-order valence-electron chi connectivity index (χ2n) is 3.27. The zero-order chi connectivity index (χ0) is 11.7. The van der Waals surface area contributed by atoms with Crippen molar-refractivity contribution < 1.29 is 8.91 Å². The number of halogens is 1. The first-order chi connectivity index (χ1) is 8.33. The molecule has 0 aliphatic rings. The van der Waals surface area contributed by atoms with Gasteiger partial charge in [0, 0.05) is 5.56 Å². The van der Waals surface area contributed by atoms with Crippen molar-refractivity contribution in [3.63, 3.8) is 0 Å². The smallest absolute Gasteiger partial charge is 0.258 e. The molecule has 0 fully saturated rings. The first kappa shape index (κ1) is 9.64. The van der Waals surface area contributed by atoms with Crippen molar-refractivity contribution in [3.05, 3.63) is 36.4 Å². The fourth-order valence-corrected chi connectivity index (χ4v) is 1.37. The number of rotatable bonds is 2. The number of hydrogen-bond acceptors (Lipinski definition) is 5. The predicted octanol–water partition coefficient (Wildman–Crippen LogP) is 1.66. The topological polar surface area (TPSA) is 80.5 Å². The standard InChI is InChI=1S/C10H6FN5O/c11-7-3-1-2-6(4-7)10-14-9(16-17-10)8-12-5-13-15-8/h1-5H,(H,12,13,15). The third-order valence-electron chi connectivity index (χ3n) is 2.12. The summed E-state index contributed by atoms with van der Waals surface area (Å²) in [6, 6.07) is 5.92. The minimum absolute atomic E-state index is 0.232. The Hall–Kier alpha value is -2.57. The summed E-state index contributed by atoms with van der Waals surface area (Å²) in [5.41, 5.74) is 0.517. The Morgan fingerprint density at radius 3 is 3.00 bits per heavy atom. The average Bonchev–Trinajstić information content (AvgIpc) is 3.00. The summed E-state index contributed by atoms with van der Waals surface area (Å²) in [6.07, 6.45) is 1.34. The lowest BCUT2D eigenvalue weighted by Gasteiger charge is -1.92. The molecule has 0 unspecified atom stereocenters. The zero-order valence-corrected chi connectivity index (χ0v) is 8.46. The van der Waals surface area contributed by atoms with E-state index >= 15 is 0 Å². The van der Waals surface area contributed by atoms with E-state index in [9.17, 15) is 4.39 Å². The Morgan fingerprint density at radius 2 is 2.24 bits per heavy atom. The van der Waals surface area contributed by atoms with Crippen LogP contribution in [0.3, 0.4) is 0 Å². The molecule has 0 aliphatic heterocycles. The lowest BCUT2D eigenvalue weighted by atomic mass is 10.2. The first-order valence-electron chi connectivity index (χ1n) is 4.78. The van der Waals surface area contributed by atoms with Crippen LogP contribution in [0.2, 0.25) is 0 Å². The molecule has 7 heteroatoms. The minimum atomic E-state index is -0.359. The van der Waals surface area contributed by atoms with Crippen molar-refractivity contribution in [1.29, 1.82) is 0 Å². The molecular weight excluding hydrogens is 225 g/mol. The summed E-state index contributed by atoms with van der Waals surface area (Å²) in [5, 5.41) is 10.0. The molecule has 3 aromatic rings. The molecule has 17 heavy (non-hydrogen) atoms. The van der Waals surface area contributed by atoms with Crippen molar-refractivity contribution in [1.82, 2.24) is 25.3 Å². The zero-order valence-electron chi connectivity index (χ0n) is 8.46. The maximum atomic E-state index is 13.0. The number of benzene rings is 1. The highest BCUT2D eigenvalue weighted by molar-refractivity contribution is 5.55. The summed E-state index contributed by atoms with van der Waals surface area (Å²) in [4.78, 5) is 7.97. The van der Waals surface area contributed by atoms with Crippen molar-refractivity contribution in [2.24, 2.45) is 0 Å². The Balaban J connectivity index is 2.01. The van der Waals surface area contributed by atoms with Gasteiger partial charge in [0.25, 0.3) is 5.89 Å². The van der Waals surface area contributed by atoms with Crippen LogP contribution in [-0.4, -0.2) is 25.3 Å². The van der Waals surface area contributed by atoms with Crippen LogP contribution in [0.5, 0.6) is 0 Å². The van der Waals surface area contributed by atoms with E-state index in [4.69, 9.17) is 4.52 Å². The van der Waals surface area contributed by atoms with Crippen LogP contribution in [0.1, 0.15) is 0 Å². The number of nitrogens with one attached hydrogen (secondary N) is 1. The highest BCUT2D eigenvalue weighted by atomic mass is 19.1. The second kappa shape index (κ2) is 3.78. The third kappa shape index (κ3) is 1.78. The second-order valence-corrected chi connectivity index (χ2v) is 3.27. The van der Waals surface area contributed by atoms with E-state index < -0.39 is 0 Å². The fourth-order valence-electron chi connectivity index (χ4n) is 1.37. The van der Waals surface area contributed by atoms with Gasteiger partial charge in [0.15, 0.2) is 5.82 Å². The van der Waals surface area contributed by atoms with Crippen LogP contribution in [0.15, 0.2) is 35.1 Å². The normalized spacial score (nSPS) is 10.6. The van der Waals surface area contributed by atoms with Gasteiger partial charge < -0.3 is 4.52 Å². The number of H-pyrrole nitrogens is 1. The van der Waals surface area contributed by atoms with Crippen LogP contribution in [0.25, 0.3) is 23.1 Å². The van der Waals surface area contributed by atoms with E-state index in [2.05, 4.69) is 25.3 Å². The van der Waals surface area contributed by atoms with Gasteiger partial charge in [-0.25, -0.2) is 9.37 Å². The number of aromatic amines is 1. The Bertz CT molecular complexity index is 634. The molecule has 0 spiro atoms. The summed E-state index contributed by atoms with van der Waals surface area (Å²) in [7, 11) is 0. The number of nitrogens with zero attached hydrogens (tertiary/aromatic N) is 4. The van der Waals surface area contributed by atoms with Crippen molar-refractivity contribution >= 4 is 0 Å². The van der Waals surface area contributed by atoms with E-state index in [1.807, 2.05) is 0 Å². The quantitative estimate of drug-likeness (QED) is 0.725. The van der Waals surface area contributed by atoms with Gasteiger partial charge in [-0.2, -0.15) is 10.1 Å². The van der Waals surface area contributed by atoms with Gasteiger partial charge in [0.2, 0.25) is 5.82 Å². The lowest BCUT2D eigenvalue weighted by molar-refractivity contribution is 0.431. The van der Waals surface area contributed by atoms with Gasteiger partial charge >= 0.3 is 0 Å². The van der Waals surface area contributed by atoms with Crippen molar-refractivity contribution in [3.8, 4) is 23.1 Å². The van der Waals surface area contributed by atoms with Crippen LogP contribution in [0.4, 0.5) is 4.39 Å². The van der Waals surface area contributed by atoms with E-state index in [0.29, 0.717) is 11.4 Å². The molecule has 0 saturated heterocycles. The van der Waals surface area contributed by atoms with Crippen LogP contribution < -0.4 is 0 Å². The van der Waals surface area contributed by atoms with Gasteiger partial charge in [0.1, 0.15) is 12.1 Å². The van der Waals surface area contributed by atoms with Gasteiger partial charge in [-0.15, -0.1) is 0 Å². The highest BCUT2D eigenvalue weighted by Gasteiger charge is 2.12. The third-order valence-corrected chi connectivity index (χ3v) is 2.12. The molecule has 3 rings (SSSR count). The van der Waals surface area contributed by atoms with Gasteiger partial charge in [0.05, 0.1) is 0 Å². The summed E-state index contributed by atoms with van der Waals surface area (Å²) >= 11 is 0. The van der Waals surface area contributed by atoms with E-state index in [1.54, 1.807) is 12.1 Å². The van der Waals surface area contributed by atoms with E-state index in [0.717, 1.165) is 0 Å². The molecule has 0 aliphatic carbocycles. The molecule has 84 valence electrons. The molecule has 1 N–H and O–H groups in total. The van der Waals surface area contributed by atoms with Crippen LogP contribution >= 0.6 is 0 Å². The number of aromatic nitrogens is 5. The highest BCUT2D eigenvalue weighted by Crippen LogP contribution is 2.20. The summed E-state index contributed by atoms with van der Waals surface area (Å²) in [5.74, 6) is 0.552. The Kier molecular flexibility index (Phi) is 2.14. The SMILES string of the molecule is Fc1cccc(-c2nc(-c3ncn[nH]3)no2)c1. The first-order valence-corrected chi connectivity index (χ1v) is 4.78. The van der Waals surface area contributed by atoms with E-state index in [-0.39, 0.29) is 17.5 Å². The molecule has 6 nitrogen and oxygen atoms in total. The molecule has 0 radical (unpaired) electrons. The predicted molar refractivity (Wildman–Crippen MR) is 55.1 cm³/mol. The van der Waals surface area contributed by atoms with Gasteiger partial charge in [-0.1, -0.05) is 11.2 Å². The van der Waals surface area contributed by atoms with Crippen LogP contribution in [-0.2, 0) is 0 Å². The maximum absolute atomic E-state index is 13.0. The molecule has 0 amide bonds. The minimum Gasteiger partial charge on any atom is -0.333 e. The van der Waals surface area contributed by atoms with Crippen molar-refractivity contribution in [2.45, 2.75) is 0 Å². The Labute approximate surface area is 94.5 Å². The fraction of sp³-hybridized carbons (Fsp3) is 0. The lowest BCUT2D eigenvalue weighted by Crippen LogP contribution is -1.84. The van der Waals surface area contributed by atoms with Gasteiger partial charge in [-0.3, -0.25) is 5.10 Å². The molecular formula is C10H6FN5O. The molecule has 0 bridgehead atoms. The number of hydrogen-bond donors (Lipinski definition) is 1. The summed E-state index contributed by atoms with van der Waals surface area (Å²) in [6.45, 7) is 0. The largest absolute Gasteiger partial charge is 0.333 e. The van der Waals surface area contributed by atoms with Crippen LogP contribution in [0, 0.1) is 5.82 Å².